The second-order valence-electron chi connectivity index (χ2n) is 4.95. The molecular formula is C15H14N6. The van der Waals surface area contributed by atoms with Crippen LogP contribution in [0.5, 0.6) is 0 Å². The molecule has 0 aliphatic carbocycles. The van der Waals surface area contributed by atoms with Gasteiger partial charge in [-0.25, -0.2) is 4.68 Å². The van der Waals surface area contributed by atoms with Gasteiger partial charge in [-0.05, 0) is 36.2 Å². The summed E-state index contributed by atoms with van der Waals surface area (Å²) >= 11 is 0. The van der Waals surface area contributed by atoms with Crippen molar-refractivity contribution in [2.75, 3.05) is 11.9 Å². The Morgan fingerprint density at radius 3 is 2.48 bits per heavy atom. The third-order valence-corrected chi connectivity index (χ3v) is 3.66. The first kappa shape index (κ1) is 12.0. The van der Waals surface area contributed by atoms with Gasteiger partial charge in [0.1, 0.15) is 0 Å². The van der Waals surface area contributed by atoms with Crippen LogP contribution in [0.4, 0.5) is 5.95 Å². The Labute approximate surface area is 121 Å². The highest BCUT2D eigenvalue weighted by molar-refractivity contribution is 5.55. The summed E-state index contributed by atoms with van der Waals surface area (Å²) < 4.78 is 1.97. The fourth-order valence-corrected chi connectivity index (χ4v) is 2.62. The monoisotopic (exact) mass is 278 g/mol. The van der Waals surface area contributed by atoms with Crippen LogP contribution in [0.2, 0.25) is 0 Å². The van der Waals surface area contributed by atoms with E-state index in [9.17, 15) is 0 Å². The Balaban J connectivity index is 1.77. The molecule has 1 aliphatic heterocycles. The van der Waals surface area contributed by atoms with Crippen molar-refractivity contribution in [3.63, 3.8) is 0 Å². The molecule has 3 aromatic heterocycles. The van der Waals surface area contributed by atoms with Crippen molar-refractivity contribution in [1.82, 2.24) is 24.7 Å². The summed E-state index contributed by atoms with van der Waals surface area (Å²) in [4.78, 5) is 12.7. The van der Waals surface area contributed by atoms with E-state index >= 15 is 0 Å². The van der Waals surface area contributed by atoms with Crippen molar-refractivity contribution < 1.29 is 0 Å². The summed E-state index contributed by atoms with van der Waals surface area (Å²) in [5, 5.41) is 7.98. The van der Waals surface area contributed by atoms with Gasteiger partial charge >= 0.3 is 0 Å². The van der Waals surface area contributed by atoms with Crippen molar-refractivity contribution in [3.8, 4) is 11.4 Å². The summed E-state index contributed by atoms with van der Waals surface area (Å²) in [6.45, 7) is 0.890. The summed E-state index contributed by atoms with van der Waals surface area (Å²) in [7, 11) is 0. The van der Waals surface area contributed by atoms with Gasteiger partial charge in [-0.15, -0.1) is 5.10 Å². The zero-order chi connectivity index (χ0) is 14.1. The lowest BCUT2D eigenvalue weighted by atomic mass is 10.0. The maximum Gasteiger partial charge on any atom is 0.222 e. The normalized spacial score (nSPS) is 17.0. The van der Waals surface area contributed by atoms with Crippen molar-refractivity contribution in [1.29, 1.82) is 0 Å². The molecule has 0 bridgehead atoms. The van der Waals surface area contributed by atoms with Crippen LogP contribution in [-0.2, 0) is 0 Å². The van der Waals surface area contributed by atoms with Gasteiger partial charge in [-0.1, -0.05) is 0 Å². The van der Waals surface area contributed by atoms with Gasteiger partial charge in [0.15, 0.2) is 5.82 Å². The predicted octanol–water partition coefficient (Wildman–Crippen LogP) is 2.14. The van der Waals surface area contributed by atoms with E-state index in [0.29, 0.717) is 0 Å². The van der Waals surface area contributed by atoms with Crippen LogP contribution in [-0.4, -0.2) is 31.3 Å². The minimum atomic E-state index is 0.201. The number of aromatic nitrogens is 5. The van der Waals surface area contributed by atoms with Gasteiger partial charge in [0.05, 0.1) is 6.04 Å². The van der Waals surface area contributed by atoms with Crippen molar-refractivity contribution >= 4 is 5.95 Å². The molecule has 0 spiro atoms. The van der Waals surface area contributed by atoms with Gasteiger partial charge in [0.2, 0.25) is 5.95 Å². The Kier molecular flexibility index (Phi) is 2.85. The largest absolute Gasteiger partial charge is 0.354 e. The molecule has 104 valence electrons. The first-order valence-electron chi connectivity index (χ1n) is 6.92. The van der Waals surface area contributed by atoms with Crippen LogP contribution >= 0.6 is 0 Å². The highest BCUT2D eigenvalue weighted by atomic mass is 15.4. The van der Waals surface area contributed by atoms with Gasteiger partial charge < -0.3 is 5.32 Å². The molecule has 1 aliphatic rings. The summed E-state index contributed by atoms with van der Waals surface area (Å²) in [5.41, 5.74) is 2.18. The van der Waals surface area contributed by atoms with Crippen LogP contribution in [0.3, 0.4) is 0 Å². The molecule has 4 heterocycles. The highest BCUT2D eigenvalue weighted by Crippen LogP contribution is 2.29. The summed E-state index contributed by atoms with van der Waals surface area (Å²) in [6.07, 6.45) is 8.12. The van der Waals surface area contributed by atoms with Gasteiger partial charge in [0, 0.05) is 36.9 Å². The van der Waals surface area contributed by atoms with Crippen molar-refractivity contribution in [3.05, 3.63) is 54.6 Å². The molecule has 0 aromatic carbocycles. The molecule has 0 saturated heterocycles. The van der Waals surface area contributed by atoms with E-state index in [0.717, 1.165) is 30.3 Å². The molecule has 1 N–H and O–H groups in total. The quantitative estimate of drug-likeness (QED) is 0.777. The van der Waals surface area contributed by atoms with E-state index < -0.39 is 0 Å². The highest BCUT2D eigenvalue weighted by Gasteiger charge is 2.24. The number of hydrogen-bond donors (Lipinski definition) is 1. The maximum absolute atomic E-state index is 4.67. The van der Waals surface area contributed by atoms with Gasteiger partial charge in [-0.2, -0.15) is 4.98 Å². The van der Waals surface area contributed by atoms with Crippen LogP contribution < -0.4 is 5.32 Å². The van der Waals surface area contributed by atoms with E-state index in [-0.39, 0.29) is 6.04 Å². The molecule has 6 nitrogen and oxygen atoms in total. The second-order valence-corrected chi connectivity index (χ2v) is 4.95. The van der Waals surface area contributed by atoms with E-state index in [2.05, 4.69) is 25.4 Å². The number of anilines is 1. The van der Waals surface area contributed by atoms with Crippen molar-refractivity contribution in [2.24, 2.45) is 0 Å². The lowest BCUT2D eigenvalue weighted by Gasteiger charge is -2.24. The second kappa shape index (κ2) is 4.97. The SMILES string of the molecule is c1cc(-c2nc3n(n2)C(c2ccncc2)CCN3)ccn1. The topological polar surface area (TPSA) is 68.5 Å². The van der Waals surface area contributed by atoms with Crippen LogP contribution in [0.25, 0.3) is 11.4 Å². The van der Waals surface area contributed by atoms with Crippen molar-refractivity contribution in [2.45, 2.75) is 12.5 Å². The number of nitrogens with one attached hydrogen (secondary N) is 1. The smallest absolute Gasteiger partial charge is 0.222 e. The molecular weight excluding hydrogens is 264 g/mol. The maximum atomic E-state index is 4.67. The standard InChI is InChI=1S/C15H14N6/c1-6-16-7-2-11(1)13-5-10-18-15-19-14(20-21(13)15)12-3-8-17-9-4-12/h1-4,6-9,13H,5,10H2,(H,18,19,20). The molecule has 6 heteroatoms. The molecule has 0 radical (unpaired) electrons. The number of nitrogens with zero attached hydrogens (tertiary/aromatic N) is 5. The fraction of sp³-hybridized carbons (Fsp3) is 0.200. The van der Waals surface area contributed by atoms with Gasteiger partial charge in [-0.3, -0.25) is 9.97 Å². The summed E-state index contributed by atoms with van der Waals surface area (Å²) in [5.74, 6) is 1.54. The van der Waals surface area contributed by atoms with E-state index in [1.54, 1.807) is 12.4 Å². The number of rotatable bonds is 2. The minimum absolute atomic E-state index is 0.201. The Bertz CT molecular complexity index is 737. The number of hydrogen-bond acceptors (Lipinski definition) is 5. The lowest BCUT2D eigenvalue weighted by molar-refractivity contribution is 0.480. The Hall–Kier alpha value is -2.76. The molecule has 0 fully saturated rings. The van der Waals surface area contributed by atoms with Crippen LogP contribution in [0.1, 0.15) is 18.0 Å². The fourth-order valence-electron chi connectivity index (χ4n) is 2.62. The molecule has 21 heavy (non-hydrogen) atoms. The molecule has 0 saturated carbocycles. The molecule has 3 aromatic rings. The average molecular weight is 278 g/mol. The van der Waals surface area contributed by atoms with Gasteiger partial charge in [0.25, 0.3) is 0 Å². The first-order chi connectivity index (χ1) is 10.4. The molecule has 0 amide bonds. The first-order valence-corrected chi connectivity index (χ1v) is 6.92. The Morgan fingerprint density at radius 2 is 1.71 bits per heavy atom. The van der Waals surface area contributed by atoms with E-state index in [1.807, 2.05) is 41.3 Å². The van der Waals surface area contributed by atoms with E-state index in [4.69, 9.17) is 0 Å². The van der Waals surface area contributed by atoms with E-state index in [1.165, 1.54) is 5.56 Å². The predicted molar refractivity (Wildman–Crippen MR) is 78.7 cm³/mol. The average Bonchev–Trinajstić information content (AvgIpc) is 3.00. The zero-order valence-electron chi connectivity index (χ0n) is 11.3. The molecule has 4 rings (SSSR count). The van der Waals surface area contributed by atoms with Crippen LogP contribution in [0, 0.1) is 0 Å². The summed E-state index contributed by atoms with van der Waals surface area (Å²) in [6, 6.07) is 8.11. The minimum Gasteiger partial charge on any atom is -0.354 e. The molecule has 1 unspecified atom stereocenters. The molecule has 1 atom stereocenters. The number of fused-ring (bicyclic) bond motifs is 1. The third-order valence-electron chi connectivity index (χ3n) is 3.66. The zero-order valence-corrected chi connectivity index (χ0v) is 11.3. The third kappa shape index (κ3) is 2.14. The Morgan fingerprint density at radius 1 is 1.00 bits per heavy atom. The van der Waals surface area contributed by atoms with Crippen LogP contribution in [0.15, 0.2) is 49.1 Å². The number of pyridine rings is 2. The lowest BCUT2D eigenvalue weighted by Crippen LogP contribution is -2.24.